The highest BCUT2D eigenvalue weighted by Gasteiger charge is 2.44. The first-order chi connectivity index (χ1) is 13.1. The molecule has 0 bridgehead atoms. The Hall–Kier alpha value is -1.49. The molecule has 1 heterocycles. The lowest BCUT2D eigenvalue weighted by atomic mass is 9.88. The lowest BCUT2D eigenvalue weighted by molar-refractivity contribution is -0.158. The molecule has 27 heavy (non-hydrogen) atoms. The van der Waals surface area contributed by atoms with Crippen molar-refractivity contribution in [3.8, 4) is 0 Å². The smallest absolute Gasteiger partial charge is 0.330 e. The molecule has 5 heteroatoms. The lowest BCUT2D eigenvalue weighted by Crippen LogP contribution is -2.49. The van der Waals surface area contributed by atoms with Crippen LogP contribution in [0.2, 0.25) is 0 Å². The minimum absolute atomic E-state index is 0.0596. The van der Waals surface area contributed by atoms with Gasteiger partial charge < -0.3 is 9.64 Å². The fourth-order valence-electron chi connectivity index (χ4n) is 4.07. The van der Waals surface area contributed by atoms with E-state index in [0.29, 0.717) is 5.75 Å². The molecule has 1 amide bonds. The van der Waals surface area contributed by atoms with Crippen LogP contribution in [0.4, 0.5) is 0 Å². The zero-order valence-electron chi connectivity index (χ0n) is 16.4. The van der Waals surface area contributed by atoms with Crippen molar-refractivity contribution in [2.75, 3.05) is 5.75 Å². The maximum atomic E-state index is 13.3. The van der Waals surface area contributed by atoms with Crippen LogP contribution in [0.15, 0.2) is 30.3 Å². The van der Waals surface area contributed by atoms with Crippen LogP contribution in [0.1, 0.15) is 57.9 Å². The Labute approximate surface area is 167 Å². The summed E-state index contributed by atoms with van der Waals surface area (Å²) in [6, 6.07) is 9.92. The van der Waals surface area contributed by atoms with Gasteiger partial charge in [-0.2, -0.15) is 0 Å². The van der Waals surface area contributed by atoms with E-state index in [0.717, 1.165) is 38.5 Å². The van der Waals surface area contributed by atoms with Gasteiger partial charge in [0.15, 0.2) is 0 Å². The predicted octanol–water partition coefficient (Wildman–Crippen LogP) is 4.42. The average molecular weight is 390 g/mol. The molecular weight excluding hydrogens is 358 g/mol. The van der Waals surface area contributed by atoms with Gasteiger partial charge in [-0.25, -0.2) is 4.79 Å². The lowest BCUT2D eigenvalue weighted by Gasteiger charge is -2.33. The van der Waals surface area contributed by atoms with E-state index in [1.165, 1.54) is 12.0 Å². The molecule has 3 rings (SSSR count). The molecule has 1 aromatic rings. The Kier molecular flexibility index (Phi) is 7.22. The third-order valence-electron chi connectivity index (χ3n) is 5.45. The van der Waals surface area contributed by atoms with E-state index in [2.05, 4.69) is 12.1 Å². The third-order valence-corrected chi connectivity index (χ3v) is 6.80. The van der Waals surface area contributed by atoms with Crippen LogP contribution < -0.4 is 0 Å². The first-order valence-electron chi connectivity index (χ1n) is 10.2. The molecular formula is C22H31NO3S. The van der Waals surface area contributed by atoms with Crippen LogP contribution in [0.5, 0.6) is 0 Å². The Balaban J connectivity index is 1.72. The van der Waals surface area contributed by atoms with Crippen molar-refractivity contribution in [2.45, 2.75) is 76.3 Å². The summed E-state index contributed by atoms with van der Waals surface area (Å²) in [4.78, 5) is 27.9. The molecule has 0 radical (unpaired) electrons. The first-order valence-corrected chi connectivity index (χ1v) is 11.3. The Bertz CT molecular complexity index is 628. The second-order valence-electron chi connectivity index (χ2n) is 7.89. The predicted molar refractivity (Wildman–Crippen MR) is 109 cm³/mol. The monoisotopic (exact) mass is 389 g/mol. The van der Waals surface area contributed by atoms with E-state index >= 15 is 0 Å². The summed E-state index contributed by atoms with van der Waals surface area (Å²) in [7, 11) is 0. The molecule has 1 saturated heterocycles. The molecule has 0 aromatic heterocycles. The van der Waals surface area contributed by atoms with Crippen molar-refractivity contribution in [1.29, 1.82) is 0 Å². The number of thioether (sulfide) groups is 1. The highest BCUT2D eigenvalue weighted by molar-refractivity contribution is 8.00. The summed E-state index contributed by atoms with van der Waals surface area (Å²) in [6.07, 6.45) is 7.00. The van der Waals surface area contributed by atoms with Crippen LogP contribution in [0.3, 0.4) is 0 Å². The number of nitrogens with zero attached hydrogens (tertiary/aromatic N) is 1. The van der Waals surface area contributed by atoms with Crippen LogP contribution >= 0.6 is 11.8 Å². The summed E-state index contributed by atoms with van der Waals surface area (Å²) in [5.41, 5.74) is 1.27. The molecule has 0 unspecified atom stereocenters. The largest absolute Gasteiger partial charge is 0.461 e. The number of hydrogen-bond acceptors (Lipinski definition) is 4. The minimum atomic E-state index is -0.437. The second kappa shape index (κ2) is 9.63. The van der Waals surface area contributed by atoms with Gasteiger partial charge in [-0.05, 0) is 45.1 Å². The highest BCUT2D eigenvalue weighted by atomic mass is 32.2. The van der Waals surface area contributed by atoms with Crippen LogP contribution in [0, 0.1) is 5.92 Å². The summed E-state index contributed by atoms with van der Waals surface area (Å²) in [6.45, 7) is 3.72. The summed E-state index contributed by atoms with van der Waals surface area (Å²) in [5, 5.41) is 0.0596. The van der Waals surface area contributed by atoms with Gasteiger partial charge in [-0.15, -0.1) is 11.8 Å². The molecule has 2 atom stereocenters. The zero-order chi connectivity index (χ0) is 19.2. The van der Waals surface area contributed by atoms with Gasteiger partial charge in [0.25, 0.3) is 0 Å². The maximum Gasteiger partial charge on any atom is 0.330 e. The summed E-state index contributed by atoms with van der Waals surface area (Å²) in [5.74, 6) is 0.641. The summed E-state index contributed by atoms with van der Waals surface area (Å²) >= 11 is 1.73. The van der Waals surface area contributed by atoms with E-state index in [4.69, 9.17) is 4.74 Å². The highest BCUT2D eigenvalue weighted by Crippen LogP contribution is 2.36. The maximum absolute atomic E-state index is 13.3. The normalized spacial score (nSPS) is 23.6. The Morgan fingerprint density at radius 3 is 2.52 bits per heavy atom. The number of esters is 1. The molecule has 4 nitrogen and oxygen atoms in total. The molecule has 0 N–H and O–H groups in total. The van der Waals surface area contributed by atoms with Crippen LogP contribution in [0.25, 0.3) is 0 Å². The molecule has 1 aliphatic carbocycles. The van der Waals surface area contributed by atoms with Crippen molar-refractivity contribution in [2.24, 2.45) is 5.92 Å². The number of ether oxygens (including phenoxy) is 1. The number of rotatable bonds is 6. The first kappa shape index (κ1) is 20.2. The van der Waals surface area contributed by atoms with E-state index in [9.17, 15) is 9.59 Å². The standard InChI is InChI=1S/C22H31NO3S/c1-16(2)26-22(25)19-15-27-20(14-13-17-9-5-3-6-10-17)23(19)21(24)18-11-7-4-8-12-18/h3,5-6,9-10,16,18-20H,4,7-8,11-15H2,1-2H3/t19-,20-/m1/s1. The fourth-order valence-corrected chi connectivity index (χ4v) is 5.47. The number of hydrogen-bond donors (Lipinski definition) is 0. The molecule has 1 saturated carbocycles. The fraction of sp³-hybridized carbons (Fsp3) is 0.636. The SMILES string of the molecule is CC(C)OC(=O)[C@H]1CS[C@H](CCc2ccccc2)N1C(=O)C1CCCCC1. The third kappa shape index (κ3) is 5.28. The van der Waals surface area contributed by atoms with E-state index in [-0.39, 0.29) is 29.3 Å². The zero-order valence-corrected chi connectivity index (χ0v) is 17.2. The van der Waals surface area contributed by atoms with Crippen molar-refractivity contribution in [3.63, 3.8) is 0 Å². The second-order valence-corrected chi connectivity index (χ2v) is 9.10. The number of benzene rings is 1. The molecule has 2 aliphatic rings. The molecule has 1 aromatic carbocycles. The number of amides is 1. The van der Waals surface area contributed by atoms with Crippen molar-refractivity contribution < 1.29 is 14.3 Å². The number of carbonyl (C=O) groups is 2. The van der Waals surface area contributed by atoms with Gasteiger partial charge in [0.2, 0.25) is 5.91 Å². The topological polar surface area (TPSA) is 46.6 Å². The van der Waals surface area contributed by atoms with Gasteiger partial charge in [-0.1, -0.05) is 49.6 Å². The Morgan fingerprint density at radius 1 is 1.15 bits per heavy atom. The van der Waals surface area contributed by atoms with E-state index in [1.807, 2.05) is 36.9 Å². The van der Waals surface area contributed by atoms with E-state index < -0.39 is 6.04 Å². The quantitative estimate of drug-likeness (QED) is 0.676. The van der Waals surface area contributed by atoms with Crippen LogP contribution in [-0.2, 0) is 20.7 Å². The summed E-state index contributed by atoms with van der Waals surface area (Å²) < 4.78 is 5.47. The Morgan fingerprint density at radius 2 is 1.85 bits per heavy atom. The van der Waals surface area contributed by atoms with Crippen LogP contribution in [-0.4, -0.2) is 40.0 Å². The van der Waals surface area contributed by atoms with Gasteiger partial charge in [0.1, 0.15) is 6.04 Å². The number of carbonyl (C=O) groups excluding carboxylic acids is 2. The average Bonchev–Trinajstić information content (AvgIpc) is 3.11. The minimum Gasteiger partial charge on any atom is -0.461 e. The number of aryl methyl sites for hydroxylation is 1. The van der Waals surface area contributed by atoms with Crippen molar-refractivity contribution >= 4 is 23.6 Å². The molecule has 0 spiro atoms. The molecule has 1 aliphatic heterocycles. The van der Waals surface area contributed by atoms with Gasteiger partial charge in [-0.3, -0.25) is 4.79 Å². The van der Waals surface area contributed by atoms with Gasteiger partial charge >= 0.3 is 5.97 Å². The van der Waals surface area contributed by atoms with Crippen molar-refractivity contribution in [3.05, 3.63) is 35.9 Å². The van der Waals surface area contributed by atoms with Crippen molar-refractivity contribution in [1.82, 2.24) is 4.90 Å². The van der Waals surface area contributed by atoms with Gasteiger partial charge in [0, 0.05) is 11.7 Å². The van der Waals surface area contributed by atoms with E-state index in [1.54, 1.807) is 11.8 Å². The molecule has 2 fully saturated rings. The molecule has 148 valence electrons. The van der Waals surface area contributed by atoms with Gasteiger partial charge in [0.05, 0.1) is 11.5 Å².